The van der Waals surface area contributed by atoms with Gasteiger partial charge in [-0.25, -0.2) is 5.01 Å². The first-order chi connectivity index (χ1) is 11.2. The van der Waals surface area contributed by atoms with Crippen molar-refractivity contribution in [2.24, 2.45) is 0 Å². The molecule has 0 saturated heterocycles. The fraction of sp³-hybridized carbons (Fsp3) is 0.176. The summed E-state index contributed by atoms with van der Waals surface area (Å²) in [6.07, 6.45) is 2.85. The molecular formula is C17H15N3O3. The van der Waals surface area contributed by atoms with Crippen molar-refractivity contribution in [3.05, 3.63) is 59.2 Å². The largest absolute Gasteiger partial charge is 0.481 e. The molecule has 1 unspecified atom stereocenters. The third-order valence-electron chi connectivity index (χ3n) is 4.08. The number of ether oxygens (including phenoxy) is 1. The van der Waals surface area contributed by atoms with Crippen LogP contribution in [0.15, 0.2) is 42.5 Å². The fourth-order valence-corrected chi connectivity index (χ4v) is 2.97. The average molecular weight is 309 g/mol. The van der Waals surface area contributed by atoms with E-state index in [0.717, 1.165) is 5.56 Å². The van der Waals surface area contributed by atoms with Gasteiger partial charge in [0.1, 0.15) is 0 Å². The quantitative estimate of drug-likeness (QED) is 0.919. The molecule has 0 spiro atoms. The molecule has 1 atom stereocenters. The monoisotopic (exact) mass is 309 g/mol. The van der Waals surface area contributed by atoms with Crippen molar-refractivity contribution in [3.8, 4) is 5.88 Å². The summed E-state index contributed by atoms with van der Waals surface area (Å²) in [6, 6.07) is 10.7. The van der Waals surface area contributed by atoms with E-state index in [-0.39, 0.29) is 5.91 Å². The standard InChI is InChI=1S/C17H15N3O3/c1-23-14-9-8-11-5-4-10-19(15(11)18-14)20-16(21)12-6-2-3-7-13(12)17(20)22/h2-9,16,21H,10H2,1H3. The summed E-state index contributed by atoms with van der Waals surface area (Å²) in [6.45, 7) is 0.448. The molecule has 0 aliphatic carbocycles. The molecule has 1 amide bonds. The van der Waals surface area contributed by atoms with Gasteiger partial charge in [-0.2, -0.15) is 4.98 Å². The molecule has 116 valence electrons. The summed E-state index contributed by atoms with van der Waals surface area (Å²) >= 11 is 0. The second-order valence-electron chi connectivity index (χ2n) is 5.36. The number of aliphatic hydroxyl groups excluding tert-OH is 1. The summed E-state index contributed by atoms with van der Waals surface area (Å²) in [5, 5.41) is 13.6. The topological polar surface area (TPSA) is 65.9 Å². The van der Waals surface area contributed by atoms with E-state index in [4.69, 9.17) is 4.74 Å². The second kappa shape index (κ2) is 5.10. The fourth-order valence-electron chi connectivity index (χ4n) is 2.97. The first-order valence-electron chi connectivity index (χ1n) is 7.30. The predicted octanol–water partition coefficient (Wildman–Crippen LogP) is 1.99. The van der Waals surface area contributed by atoms with Gasteiger partial charge in [0.25, 0.3) is 5.91 Å². The molecular weight excluding hydrogens is 294 g/mol. The number of hydrogen-bond acceptors (Lipinski definition) is 5. The van der Waals surface area contributed by atoms with Gasteiger partial charge < -0.3 is 9.84 Å². The van der Waals surface area contributed by atoms with Gasteiger partial charge in [-0.3, -0.25) is 9.80 Å². The van der Waals surface area contributed by atoms with Crippen LogP contribution in [-0.4, -0.2) is 34.7 Å². The predicted molar refractivity (Wildman–Crippen MR) is 84.7 cm³/mol. The van der Waals surface area contributed by atoms with E-state index >= 15 is 0 Å². The number of benzene rings is 1. The Morgan fingerprint density at radius 2 is 2.09 bits per heavy atom. The number of aliphatic hydroxyl groups is 1. The van der Waals surface area contributed by atoms with E-state index in [9.17, 15) is 9.90 Å². The minimum atomic E-state index is -1.02. The molecule has 1 aromatic heterocycles. The number of anilines is 1. The molecule has 2 aliphatic rings. The van der Waals surface area contributed by atoms with Crippen LogP contribution in [0.25, 0.3) is 6.08 Å². The van der Waals surface area contributed by atoms with Gasteiger partial charge >= 0.3 is 0 Å². The molecule has 0 saturated carbocycles. The smallest absolute Gasteiger partial charge is 0.275 e. The Hall–Kier alpha value is -2.86. The maximum Gasteiger partial charge on any atom is 0.275 e. The van der Waals surface area contributed by atoms with Gasteiger partial charge in [0.05, 0.1) is 13.7 Å². The van der Waals surface area contributed by atoms with Crippen LogP contribution in [-0.2, 0) is 0 Å². The number of rotatable bonds is 2. The van der Waals surface area contributed by atoms with Crippen LogP contribution >= 0.6 is 0 Å². The lowest BCUT2D eigenvalue weighted by Gasteiger charge is -2.36. The highest BCUT2D eigenvalue weighted by molar-refractivity contribution is 6.00. The van der Waals surface area contributed by atoms with Crippen LogP contribution in [0.1, 0.15) is 27.7 Å². The number of carbonyl (C=O) groups excluding carboxylic acids is 1. The van der Waals surface area contributed by atoms with E-state index in [1.165, 1.54) is 5.01 Å². The average Bonchev–Trinajstić information content (AvgIpc) is 2.85. The molecule has 0 radical (unpaired) electrons. The van der Waals surface area contributed by atoms with Gasteiger partial charge in [-0.15, -0.1) is 0 Å². The minimum absolute atomic E-state index is 0.237. The number of pyridine rings is 1. The van der Waals surface area contributed by atoms with Crippen LogP contribution in [0.2, 0.25) is 0 Å². The summed E-state index contributed by atoms with van der Waals surface area (Å²) in [5.74, 6) is 0.814. The van der Waals surface area contributed by atoms with Crippen LogP contribution < -0.4 is 9.75 Å². The van der Waals surface area contributed by atoms with Crippen LogP contribution in [0.5, 0.6) is 5.88 Å². The molecule has 2 aromatic rings. The van der Waals surface area contributed by atoms with Crippen LogP contribution in [0.4, 0.5) is 5.82 Å². The first kappa shape index (κ1) is 13.8. The first-order valence-corrected chi connectivity index (χ1v) is 7.30. The zero-order chi connectivity index (χ0) is 16.0. The van der Waals surface area contributed by atoms with Crippen molar-refractivity contribution in [1.29, 1.82) is 0 Å². The van der Waals surface area contributed by atoms with E-state index in [1.54, 1.807) is 36.4 Å². The highest BCUT2D eigenvalue weighted by Gasteiger charge is 2.40. The Morgan fingerprint density at radius 1 is 1.26 bits per heavy atom. The molecule has 23 heavy (non-hydrogen) atoms. The zero-order valence-corrected chi connectivity index (χ0v) is 12.5. The third kappa shape index (κ3) is 1.99. The summed E-state index contributed by atoms with van der Waals surface area (Å²) < 4.78 is 5.18. The normalized spacial score (nSPS) is 18.9. The van der Waals surface area contributed by atoms with E-state index < -0.39 is 6.23 Å². The molecule has 4 rings (SSSR count). The number of amides is 1. The van der Waals surface area contributed by atoms with Gasteiger partial charge in [-0.05, 0) is 12.1 Å². The van der Waals surface area contributed by atoms with Crippen molar-refractivity contribution in [3.63, 3.8) is 0 Å². The lowest BCUT2D eigenvalue weighted by atomic mass is 10.1. The molecule has 2 aliphatic heterocycles. The lowest BCUT2D eigenvalue weighted by molar-refractivity contribution is 0.0122. The molecule has 3 heterocycles. The van der Waals surface area contributed by atoms with Crippen molar-refractivity contribution >= 4 is 17.8 Å². The number of fused-ring (bicyclic) bond motifs is 2. The number of nitrogens with zero attached hydrogens (tertiary/aromatic N) is 3. The Labute approximate surface area is 133 Å². The summed E-state index contributed by atoms with van der Waals surface area (Å²) in [5.41, 5.74) is 1.99. The molecule has 0 bridgehead atoms. The lowest BCUT2D eigenvalue weighted by Crippen LogP contribution is -2.47. The van der Waals surface area contributed by atoms with E-state index in [2.05, 4.69) is 4.98 Å². The molecule has 0 fully saturated rings. The second-order valence-corrected chi connectivity index (χ2v) is 5.36. The Bertz CT molecular complexity index is 818. The highest BCUT2D eigenvalue weighted by Crippen LogP contribution is 2.37. The van der Waals surface area contributed by atoms with Gasteiger partial charge in [0.2, 0.25) is 5.88 Å². The van der Waals surface area contributed by atoms with Gasteiger partial charge in [0, 0.05) is 22.8 Å². The number of hydrazine groups is 1. The Morgan fingerprint density at radius 3 is 2.87 bits per heavy atom. The summed E-state index contributed by atoms with van der Waals surface area (Å²) in [7, 11) is 1.55. The number of carbonyl (C=O) groups is 1. The van der Waals surface area contributed by atoms with Gasteiger partial charge in [0.15, 0.2) is 12.0 Å². The maximum absolute atomic E-state index is 12.7. The third-order valence-corrected chi connectivity index (χ3v) is 4.08. The molecule has 1 aromatic carbocycles. The van der Waals surface area contributed by atoms with Crippen molar-refractivity contribution < 1.29 is 14.6 Å². The minimum Gasteiger partial charge on any atom is -0.481 e. The maximum atomic E-state index is 12.7. The SMILES string of the molecule is COc1ccc2c(n1)N(N1C(=O)c3ccccc3C1O)CC=C2. The Kier molecular flexibility index (Phi) is 3.06. The number of hydrogen-bond donors (Lipinski definition) is 1. The molecule has 6 nitrogen and oxygen atoms in total. The van der Waals surface area contributed by atoms with Gasteiger partial charge in [-0.1, -0.05) is 30.4 Å². The zero-order valence-electron chi connectivity index (χ0n) is 12.5. The number of aromatic nitrogens is 1. The number of methoxy groups -OCH3 is 1. The van der Waals surface area contributed by atoms with Crippen molar-refractivity contribution in [1.82, 2.24) is 9.99 Å². The van der Waals surface area contributed by atoms with Crippen molar-refractivity contribution in [2.75, 3.05) is 18.7 Å². The molecule has 1 N–H and O–H groups in total. The van der Waals surface area contributed by atoms with Crippen molar-refractivity contribution in [2.45, 2.75) is 6.23 Å². The summed E-state index contributed by atoms with van der Waals surface area (Å²) in [4.78, 5) is 17.1. The Balaban J connectivity index is 1.79. The van der Waals surface area contributed by atoms with Crippen LogP contribution in [0.3, 0.4) is 0 Å². The van der Waals surface area contributed by atoms with Crippen LogP contribution in [0, 0.1) is 0 Å². The molecule has 6 heteroatoms. The highest BCUT2D eigenvalue weighted by atomic mass is 16.5. The van der Waals surface area contributed by atoms with E-state index in [1.807, 2.05) is 24.3 Å². The van der Waals surface area contributed by atoms with E-state index in [0.29, 0.717) is 29.4 Å².